The number of nitrogens with zero attached hydrogens (tertiary/aromatic N) is 1. The van der Waals surface area contributed by atoms with Gasteiger partial charge in [0.1, 0.15) is 5.75 Å². The third kappa shape index (κ3) is 4.87. The van der Waals surface area contributed by atoms with E-state index in [0.29, 0.717) is 30.9 Å². The van der Waals surface area contributed by atoms with E-state index in [1.807, 2.05) is 20.8 Å². The second-order valence-corrected chi connectivity index (χ2v) is 5.12. The number of rotatable bonds is 10. The molecule has 6 heteroatoms. The van der Waals surface area contributed by atoms with Gasteiger partial charge in [-0.2, -0.15) is 0 Å². The minimum Gasteiger partial charge on any atom is -0.493 e. The SMILES string of the molecule is CCCOc1cc(OCCC)c([N+](=O)[O-])cc1C(O)CCC. The van der Waals surface area contributed by atoms with Crippen LogP contribution in [0.2, 0.25) is 0 Å². The molecule has 1 N–H and O–H groups in total. The largest absolute Gasteiger partial charge is 0.493 e. The number of aliphatic hydroxyl groups excluding tert-OH is 1. The van der Waals surface area contributed by atoms with Gasteiger partial charge in [0.25, 0.3) is 0 Å². The van der Waals surface area contributed by atoms with E-state index >= 15 is 0 Å². The number of hydrogen-bond acceptors (Lipinski definition) is 5. The highest BCUT2D eigenvalue weighted by atomic mass is 16.6. The van der Waals surface area contributed by atoms with Crippen molar-refractivity contribution in [3.8, 4) is 11.5 Å². The first kappa shape index (κ1) is 18.2. The van der Waals surface area contributed by atoms with Crippen LogP contribution < -0.4 is 9.47 Å². The lowest BCUT2D eigenvalue weighted by molar-refractivity contribution is -0.386. The quantitative estimate of drug-likeness (QED) is 0.521. The number of nitro benzene ring substituents is 1. The summed E-state index contributed by atoms with van der Waals surface area (Å²) in [4.78, 5) is 10.8. The van der Waals surface area contributed by atoms with Crippen LogP contribution in [0.1, 0.15) is 58.1 Å². The van der Waals surface area contributed by atoms with Crippen LogP contribution in [0.4, 0.5) is 5.69 Å². The molecule has 124 valence electrons. The molecule has 0 aliphatic rings. The molecule has 0 amide bonds. The normalized spacial score (nSPS) is 12.0. The molecule has 0 bridgehead atoms. The van der Waals surface area contributed by atoms with Crippen molar-refractivity contribution in [2.75, 3.05) is 13.2 Å². The summed E-state index contributed by atoms with van der Waals surface area (Å²) in [5.41, 5.74) is 0.313. The topological polar surface area (TPSA) is 81.8 Å². The lowest BCUT2D eigenvalue weighted by Gasteiger charge is -2.17. The second kappa shape index (κ2) is 9.25. The summed E-state index contributed by atoms with van der Waals surface area (Å²) in [7, 11) is 0. The zero-order valence-corrected chi connectivity index (χ0v) is 13.5. The standard InChI is InChI=1S/C16H25NO5/c1-4-7-14(18)12-10-13(17(19)20)16(22-9-6-3)11-15(12)21-8-5-2/h10-11,14,18H,4-9H2,1-3H3. The smallest absolute Gasteiger partial charge is 0.311 e. The van der Waals surface area contributed by atoms with Crippen LogP contribution in [0.15, 0.2) is 12.1 Å². The molecule has 0 radical (unpaired) electrons. The fourth-order valence-electron chi connectivity index (χ4n) is 2.06. The van der Waals surface area contributed by atoms with Gasteiger partial charge < -0.3 is 14.6 Å². The van der Waals surface area contributed by atoms with Crippen LogP contribution in [0.5, 0.6) is 11.5 Å². The molecular formula is C16H25NO5. The first-order valence-electron chi connectivity index (χ1n) is 7.81. The molecule has 0 aromatic heterocycles. The van der Waals surface area contributed by atoms with Gasteiger partial charge in [0.2, 0.25) is 5.75 Å². The Labute approximate surface area is 131 Å². The van der Waals surface area contributed by atoms with Crippen molar-refractivity contribution in [2.45, 2.75) is 52.6 Å². The van der Waals surface area contributed by atoms with E-state index in [0.717, 1.165) is 19.3 Å². The van der Waals surface area contributed by atoms with E-state index in [9.17, 15) is 15.2 Å². The van der Waals surface area contributed by atoms with Crippen LogP contribution in [-0.4, -0.2) is 23.2 Å². The van der Waals surface area contributed by atoms with Gasteiger partial charge in [-0.25, -0.2) is 0 Å². The molecule has 0 aliphatic heterocycles. The van der Waals surface area contributed by atoms with Crippen molar-refractivity contribution in [3.05, 3.63) is 27.8 Å². The van der Waals surface area contributed by atoms with Crippen molar-refractivity contribution in [2.24, 2.45) is 0 Å². The summed E-state index contributed by atoms with van der Waals surface area (Å²) < 4.78 is 11.1. The fourth-order valence-corrected chi connectivity index (χ4v) is 2.06. The number of aliphatic hydroxyl groups is 1. The predicted molar refractivity (Wildman–Crippen MR) is 84.5 cm³/mol. The highest BCUT2D eigenvalue weighted by Crippen LogP contribution is 2.38. The molecule has 1 atom stereocenters. The van der Waals surface area contributed by atoms with Crippen LogP contribution in [-0.2, 0) is 0 Å². The lowest BCUT2D eigenvalue weighted by atomic mass is 10.0. The van der Waals surface area contributed by atoms with E-state index in [2.05, 4.69) is 0 Å². The molecule has 0 heterocycles. The monoisotopic (exact) mass is 311 g/mol. The molecule has 1 unspecified atom stereocenters. The second-order valence-electron chi connectivity index (χ2n) is 5.12. The van der Waals surface area contributed by atoms with Crippen molar-refractivity contribution in [1.82, 2.24) is 0 Å². The number of nitro groups is 1. The Kier molecular flexibility index (Phi) is 7.66. The molecule has 0 saturated carbocycles. The van der Waals surface area contributed by atoms with E-state index in [-0.39, 0.29) is 11.4 Å². The molecule has 0 aliphatic carbocycles. The van der Waals surface area contributed by atoms with E-state index < -0.39 is 11.0 Å². The Morgan fingerprint density at radius 2 is 1.68 bits per heavy atom. The highest BCUT2D eigenvalue weighted by Gasteiger charge is 2.23. The maximum atomic E-state index is 11.2. The Hall–Kier alpha value is -1.82. The van der Waals surface area contributed by atoms with Gasteiger partial charge in [0, 0.05) is 17.7 Å². The zero-order valence-electron chi connectivity index (χ0n) is 13.5. The van der Waals surface area contributed by atoms with Gasteiger partial charge in [-0.3, -0.25) is 10.1 Å². The van der Waals surface area contributed by atoms with Gasteiger partial charge in [-0.15, -0.1) is 0 Å². The van der Waals surface area contributed by atoms with Crippen LogP contribution in [0.25, 0.3) is 0 Å². The maximum absolute atomic E-state index is 11.2. The highest BCUT2D eigenvalue weighted by molar-refractivity contribution is 5.55. The number of hydrogen-bond donors (Lipinski definition) is 1. The summed E-state index contributed by atoms with van der Waals surface area (Å²) in [6, 6.07) is 2.90. The van der Waals surface area contributed by atoms with Crippen molar-refractivity contribution in [3.63, 3.8) is 0 Å². The fraction of sp³-hybridized carbons (Fsp3) is 0.625. The molecule has 0 fully saturated rings. The van der Waals surface area contributed by atoms with E-state index in [4.69, 9.17) is 9.47 Å². The molecule has 0 spiro atoms. The van der Waals surface area contributed by atoms with E-state index in [1.165, 1.54) is 12.1 Å². The Morgan fingerprint density at radius 1 is 1.09 bits per heavy atom. The van der Waals surface area contributed by atoms with E-state index in [1.54, 1.807) is 0 Å². The van der Waals surface area contributed by atoms with Crippen LogP contribution in [0, 0.1) is 10.1 Å². The summed E-state index contributed by atoms with van der Waals surface area (Å²) >= 11 is 0. The molecule has 22 heavy (non-hydrogen) atoms. The number of ether oxygens (including phenoxy) is 2. The average Bonchev–Trinajstić information content (AvgIpc) is 2.50. The van der Waals surface area contributed by atoms with Crippen molar-refractivity contribution >= 4 is 5.69 Å². The zero-order chi connectivity index (χ0) is 16.5. The third-order valence-electron chi connectivity index (χ3n) is 3.13. The maximum Gasteiger partial charge on any atom is 0.311 e. The predicted octanol–water partition coefficient (Wildman–Crippen LogP) is 4.01. The molecule has 1 rings (SSSR count). The summed E-state index contributed by atoms with van der Waals surface area (Å²) in [6.07, 6.45) is 2.08. The van der Waals surface area contributed by atoms with Gasteiger partial charge in [-0.1, -0.05) is 27.2 Å². The van der Waals surface area contributed by atoms with Crippen LogP contribution >= 0.6 is 0 Å². The Bertz CT molecular complexity index is 490. The molecule has 1 aromatic rings. The lowest BCUT2D eigenvalue weighted by Crippen LogP contribution is -2.07. The Balaban J connectivity index is 3.26. The minimum absolute atomic E-state index is 0.137. The van der Waals surface area contributed by atoms with Gasteiger partial charge in [0.05, 0.1) is 24.2 Å². The third-order valence-corrected chi connectivity index (χ3v) is 3.13. The minimum atomic E-state index is -0.782. The van der Waals surface area contributed by atoms with Crippen molar-refractivity contribution < 1.29 is 19.5 Å². The first-order valence-corrected chi connectivity index (χ1v) is 7.81. The Morgan fingerprint density at radius 3 is 2.18 bits per heavy atom. The van der Waals surface area contributed by atoms with Crippen LogP contribution in [0.3, 0.4) is 0 Å². The first-order chi connectivity index (χ1) is 10.5. The number of benzene rings is 1. The van der Waals surface area contributed by atoms with Crippen molar-refractivity contribution in [1.29, 1.82) is 0 Å². The molecule has 6 nitrogen and oxygen atoms in total. The molecule has 0 saturated heterocycles. The van der Waals surface area contributed by atoms with Gasteiger partial charge in [-0.05, 0) is 19.3 Å². The summed E-state index contributed by atoms with van der Waals surface area (Å²) in [5.74, 6) is 0.643. The molecular weight excluding hydrogens is 286 g/mol. The van der Waals surface area contributed by atoms with Gasteiger partial charge >= 0.3 is 5.69 Å². The summed E-state index contributed by atoms with van der Waals surface area (Å²) in [6.45, 7) is 6.73. The molecule has 1 aromatic carbocycles. The summed E-state index contributed by atoms with van der Waals surface area (Å²) in [5, 5.41) is 21.5. The average molecular weight is 311 g/mol. The van der Waals surface area contributed by atoms with Gasteiger partial charge in [0.15, 0.2) is 0 Å².